The van der Waals surface area contributed by atoms with Crippen molar-refractivity contribution in [1.82, 2.24) is 0 Å². The Morgan fingerprint density at radius 1 is 1.16 bits per heavy atom. The highest BCUT2D eigenvalue weighted by molar-refractivity contribution is 5.35. The number of hydrogen-bond donors (Lipinski definition) is 0. The quantitative estimate of drug-likeness (QED) is 0.604. The van der Waals surface area contributed by atoms with E-state index in [0.717, 1.165) is 12.1 Å². The van der Waals surface area contributed by atoms with Crippen LogP contribution in [0.3, 0.4) is 0 Å². The lowest BCUT2D eigenvalue weighted by atomic mass is 9.40. The fourth-order valence-corrected chi connectivity index (χ4v) is 3.69. The van der Waals surface area contributed by atoms with Crippen LogP contribution >= 0.6 is 0 Å². The van der Waals surface area contributed by atoms with Crippen molar-refractivity contribution in [1.29, 1.82) is 0 Å². The normalized spacial score (nSPS) is 39.5. The molecule has 0 radical (unpaired) electrons. The first kappa shape index (κ1) is 11.7. The standard InChI is InChI=1S/C14H12F4O/c15-9-1-2-10(11(16)3-9)13(7-19-13)14(17,18)12-4-8(5-12)6-12/h1-3,8H,4-7H2. The van der Waals surface area contributed by atoms with Gasteiger partial charge in [0.1, 0.15) is 11.6 Å². The van der Waals surface area contributed by atoms with Gasteiger partial charge in [0.15, 0.2) is 5.60 Å². The largest absolute Gasteiger partial charge is 0.358 e. The lowest BCUT2D eigenvalue weighted by molar-refractivity contribution is -0.292. The van der Waals surface area contributed by atoms with Crippen LogP contribution < -0.4 is 0 Å². The lowest BCUT2D eigenvalue weighted by Gasteiger charge is -2.65. The Balaban J connectivity index is 1.77. The molecular weight excluding hydrogens is 260 g/mol. The topological polar surface area (TPSA) is 12.5 Å². The summed E-state index contributed by atoms with van der Waals surface area (Å²) in [4.78, 5) is 0. The molecule has 102 valence electrons. The molecule has 5 rings (SSSR count). The summed E-state index contributed by atoms with van der Waals surface area (Å²) in [6.45, 7) is -0.199. The van der Waals surface area contributed by atoms with Gasteiger partial charge in [-0.2, -0.15) is 0 Å². The molecule has 0 N–H and O–H groups in total. The van der Waals surface area contributed by atoms with E-state index >= 15 is 0 Å². The molecule has 0 amide bonds. The molecule has 1 aromatic carbocycles. The zero-order valence-corrected chi connectivity index (χ0v) is 10.1. The van der Waals surface area contributed by atoms with Crippen molar-refractivity contribution < 1.29 is 22.3 Å². The number of benzene rings is 1. The lowest BCUT2D eigenvalue weighted by Crippen LogP contribution is -2.66. The van der Waals surface area contributed by atoms with Crippen LogP contribution in [0.4, 0.5) is 17.6 Å². The molecule has 0 aromatic heterocycles. The van der Waals surface area contributed by atoms with Crippen molar-refractivity contribution in [2.75, 3.05) is 6.61 Å². The highest BCUT2D eigenvalue weighted by Gasteiger charge is 2.80. The third kappa shape index (κ3) is 1.20. The summed E-state index contributed by atoms with van der Waals surface area (Å²) in [6, 6.07) is 2.72. The molecule has 1 aromatic rings. The van der Waals surface area contributed by atoms with Crippen molar-refractivity contribution in [3.63, 3.8) is 0 Å². The summed E-state index contributed by atoms with van der Waals surface area (Å²) < 4.78 is 61.1. The molecule has 4 fully saturated rings. The third-order valence-corrected chi connectivity index (χ3v) is 5.01. The molecule has 2 bridgehead atoms. The maximum Gasteiger partial charge on any atom is 0.288 e. The molecule has 4 aliphatic rings. The van der Waals surface area contributed by atoms with E-state index in [9.17, 15) is 17.6 Å². The van der Waals surface area contributed by atoms with Gasteiger partial charge in [0, 0.05) is 17.0 Å². The first-order valence-corrected chi connectivity index (χ1v) is 6.38. The van der Waals surface area contributed by atoms with E-state index in [1.165, 1.54) is 0 Å². The second kappa shape index (κ2) is 3.14. The Labute approximate surface area is 107 Å². The number of ether oxygens (including phenoxy) is 1. The van der Waals surface area contributed by atoms with E-state index in [4.69, 9.17) is 4.74 Å². The predicted octanol–water partition coefficient (Wildman–Crippen LogP) is 3.63. The van der Waals surface area contributed by atoms with Crippen LogP contribution in [0.5, 0.6) is 0 Å². The zero-order chi connectivity index (χ0) is 13.5. The van der Waals surface area contributed by atoms with E-state index in [1.807, 2.05) is 0 Å². The molecule has 1 aliphatic heterocycles. The van der Waals surface area contributed by atoms with Crippen LogP contribution in [0.2, 0.25) is 0 Å². The second-order valence-corrected chi connectivity index (χ2v) is 6.07. The van der Waals surface area contributed by atoms with Crippen molar-refractivity contribution >= 4 is 0 Å². The van der Waals surface area contributed by atoms with Gasteiger partial charge in [-0.25, -0.2) is 17.6 Å². The molecule has 1 unspecified atom stereocenters. The number of epoxide rings is 1. The smallest absolute Gasteiger partial charge is 0.288 e. The summed E-state index contributed by atoms with van der Waals surface area (Å²) >= 11 is 0. The first-order chi connectivity index (χ1) is 8.90. The Morgan fingerprint density at radius 3 is 2.21 bits per heavy atom. The molecule has 3 aliphatic carbocycles. The Hall–Kier alpha value is -1.10. The van der Waals surface area contributed by atoms with Crippen molar-refractivity contribution in [2.45, 2.75) is 30.8 Å². The van der Waals surface area contributed by atoms with E-state index in [-0.39, 0.29) is 12.2 Å². The minimum absolute atomic E-state index is 0.199. The molecule has 1 saturated heterocycles. The average Bonchev–Trinajstić information content (AvgIpc) is 2.92. The molecule has 5 heteroatoms. The highest BCUT2D eigenvalue weighted by Crippen LogP contribution is 2.76. The first-order valence-electron chi connectivity index (χ1n) is 6.38. The van der Waals surface area contributed by atoms with Gasteiger partial charge < -0.3 is 4.74 Å². The van der Waals surface area contributed by atoms with Gasteiger partial charge >= 0.3 is 0 Å². The molecule has 1 atom stereocenters. The molecular formula is C14H12F4O. The van der Waals surface area contributed by atoms with Crippen molar-refractivity contribution in [2.24, 2.45) is 11.3 Å². The number of halogens is 4. The molecule has 0 spiro atoms. The maximum absolute atomic E-state index is 14.7. The Morgan fingerprint density at radius 2 is 1.79 bits per heavy atom. The summed E-state index contributed by atoms with van der Waals surface area (Å²) in [6.07, 6.45) is 1.48. The van der Waals surface area contributed by atoms with Crippen LogP contribution in [-0.2, 0) is 10.3 Å². The highest BCUT2D eigenvalue weighted by atomic mass is 19.3. The van der Waals surface area contributed by atoms with Crippen LogP contribution in [0.15, 0.2) is 18.2 Å². The third-order valence-electron chi connectivity index (χ3n) is 5.01. The summed E-state index contributed by atoms with van der Waals surface area (Å²) in [5.41, 5.74) is -3.12. The number of alkyl halides is 2. The van der Waals surface area contributed by atoms with E-state index < -0.39 is 28.6 Å². The molecule has 1 heterocycles. The van der Waals surface area contributed by atoms with Crippen LogP contribution in [0.25, 0.3) is 0 Å². The minimum Gasteiger partial charge on any atom is -0.358 e. The zero-order valence-electron chi connectivity index (χ0n) is 10.1. The predicted molar refractivity (Wildman–Crippen MR) is 58.7 cm³/mol. The van der Waals surface area contributed by atoms with Gasteiger partial charge in [-0.15, -0.1) is 0 Å². The fourth-order valence-electron chi connectivity index (χ4n) is 3.69. The Kier molecular flexibility index (Phi) is 1.93. The van der Waals surface area contributed by atoms with Crippen molar-refractivity contribution in [3.05, 3.63) is 35.4 Å². The maximum atomic E-state index is 14.7. The van der Waals surface area contributed by atoms with Gasteiger partial charge in [0.25, 0.3) is 5.92 Å². The number of rotatable bonds is 3. The molecule has 3 saturated carbocycles. The van der Waals surface area contributed by atoms with Crippen molar-refractivity contribution in [3.8, 4) is 0 Å². The summed E-state index contributed by atoms with van der Waals surface area (Å²) in [5.74, 6) is -4.41. The van der Waals surface area contributed by atoms with Gasteiger partial charge in [-0.05, 0) is 37.3 Å². The van der Waals surface area contributed by atoms with E-state index in [2.05, 4.69) is 0 Å². The SMILES string of the molecule is Fc1ccc(C2(C(F)(F)C34CC(C3)C4)CO2)c(F)c1. The fraction of sp³-hybridized carbons (Fsp3) is 0.571. The number of hydrogen-bond acceptors (Lipinski definition) is 1. The van der Waals surface area contributed by atoms with Crippen LogP contribution in [-0.4, -0.2) is 12.5 Å². The van der Waals surface area contributed by atoms with Crippen LogP contribution in [0, 0.1) is 23.0 Å². The van der Waals surface area contributed by atoms with Gasteiger partial charge in [0.2, 0.25) is 0 Å². The van der Waals surface area contributed by atoms with E-state index in [1.54, 1.807) is 0 Å². The minimum atomic E-state index is -3.09. The van der Waals surface area contributed by atoms with Gasteiger partial charge in [-0.1, -0.05) is 0 Å². The summed E-state index contributed by atoms with van der Waals surface area (Å²) in [5, 5.41) is 0. The average molecular weight is 272 g/mol. The Bertz CT molecular complexity index is 548. The van der Waals surface area contributed by atoms with E-state index in [0.29, 0.717) is 31.2 Å². The van der Waals surface area contributed by atoms with Gasteiger partial charge in [0.05, 0.1) is 6.61 Å². The second-order valence-electron chi connectivity index (χ2n) is 6.07. The molecule has 1 nitrogen and oxygen atoms in total. The van der Waals surface area contributed by atoms with Gasteiger partial charge in [-0.3, -0.25) is 0 Å². The summed E-state index contributed by atoms with van der Waals surface area (Å²) in [7, 11) is 0. The molecule has 19 heavy (non-hydrogen) atoms. The van der Waals surface area contributed by atoms with Crippen LogP contribution in [0.1, 0.15) is 24.8 Å². The monoisotopic (exact) mass is 272 g/mol.